The highest BCUT2D eigenvalue weighted by molar-refractivity contribution is 5.44. The van der Waals surface area contributed by atoms with Crippen LogP contribution in [0.1, 0.15) is 44.4 Å². The van der Waals surface area contributed by atoms with Crippen molar-refractivity contribution in [2.45, 2.75) is 39.7 Å². The molecule has 1 aromatic heterocycles. The maximum absolute atomic E-state index is 5.35. The molecule has 0 fully saturated rings. The first-order valence-corrected chi connectivity index (χ1v) is 7.67. The second kappa shape index (κ2) is 7.67. The van der Waals surface area contributed by atoms with Crippen molar-refractivity contribution < 1.29 is 4.74 Å². The number of rotatable bonds is 7. The molecule has 112 valence electrons. The van der Waals surface area contributed by atoms with Gasteiger partial charge in [0.2, 0.25) is 5.88 Å². The standard InChI is InChI=1S/C18H24N2O/c1-4-6-15-7-9-16(10-8-15)14(3)20-17-11-12-18(19-13-17)21-5-2/h7-14,20H,4-6H2,1-3H3. The topological polar surface area (TPSA) is 34.1 Å². The van der Waals surface area contributed by atoms with Crippen molar-refractivity contribution in [3.63, 3.8) is 0 Å². The summed E-state index contributed by atoms with van der Waals surface area (Å²) in [6, 6.07) is 13.0. The highest BCUT2D eigenvalue weighted by atomic mass is 16.5. The molecule has 2 rings (SSSR count). The van der Waals surface area contributed by atoms with Crippen molar-refractivity contribution in [1.29, 1.82) is 0 Å². The number of aromatic nitrogens is 1. The van der Waals surface area contributed by atoms with Crippen LogP contribution in [-0.2, 0) is 6.42 Å². The SMILES string of the molecule is CCCc1ccc(C(C)Nc2ccc(OCC)nc2)cc1. The number of nitrogens with zero attached hydrogens (tertiary/aromatic N) is 1. The normalized spacial score (nSPS) is 12.0. The Balaban J connectivity index is 1.98. The van der Waals surface area contributed by atoms with Crippen LogP contribution in [0, 0.1) is 0 Å². The molecule has 1 heterocycles. The van der Waals surface area contributed by atoms with Gasteiger partial charge in [-0.15, -0.1) is 0 Å². The summed E-state index contributed by atoms with van der Waals surface area (Å²) in [5.74, 6) is 0.666. The Bertz CT molecular complexity index is 534. The molecule has 3 nitrogen and oxygen atoms in total. The number of anilines is 1. The van der Waals surface area contributed by atoms with Crippen molar-refractivity contribution in [3.8, 4) is 5.88 Å². The Morgan fingerprint density at radius 3 is 2.43 bits per heavy atom. The summed E-state index contributed by atoms with van der Waals surface area (Å²) in [6.45, 7) is 6.96. The first-order valence-electron chi connectivity index (χ1n) is 7.67. The molecule has 0 bridgehead atoms. The van der Waals surface area contributed by atoms with E-state index in [1.165, 1.54) is 17.5 Å². The van der Waals surface area contributed by atoms with Crippen LogP contribution in [0.2, 0.25) is 0 Å². The summed E-state index contributed by atoms with van der Waals surface area (Å²) in [4.78, 5) is 4.27. The molecule has 0 aliphatic rings. The summed E-state index contributed by atoms with van der Waals surface area (Å²) >= 11 is 0. The highest BCUT2D eigenvalue weighted by Gasteiger charge is 2.06. The number of pyridine rings is 1. The second-order valence-corrected chi connectivity index (χ2v) is 5.18. The van der Waals surface area contributed by atoms with Gasteiger partial charge in [0.1, 0.15) is 0 Å². The average molecular weight is 284 g/mol. The van der Waals surface area contributed by atoms with E-state index < -0.39 is 0 Å². The Labute approximate surface area is 127 Å². The van der Waals surface area contributed by atoms with Gasteiger partial charge in [0.25, 0.3) is 0 Å². The third-order valence-electron chi connectivity index (χ3n) is 3.43. The molecule has 3 heteroatoms. The summed E-state index contributed by atoms with van der Waals surface area (Å²) in [7, 11) is 0. The number of ether oxygens (including phenoxy) is 1. The van der Waals surface area contributed by atoms with Gasteiger partial charge in [0, 0.05) is 12.1 Å². The fraction of sp³-hybridized carbons (Fsp3) is 0.389. The van der Waals surface area contributed by atoms with Crippen LogP contribution < -0.4 is 10.1 Å². The van der Waals surface area contributed by atoms with Gasteiger partial charge in [0.05, 0.1) is 18.5 Å². The van der Waals surface area contributed by atoms with E-state index in [2.05, 4.69) is 48.4 Å². The van der Waals surface area contributed by atoms with Crippen LogP contribution in [0.25, 0.3) is 0 Å². The van der Waals surface area contributed by atoms with Crippen molar-refractivity contribution in [1.82, 2.24) is 4.98 Å². The Kier molecular flexibility index (Phi) is 5.61. The highest BCUT2D eigenvalue weighted by Crippen LogP contribution is 2.20. The Morgan fingerprint density at radius 1 is 1.10 bits per heavy atom. The van der Waals surface area contributed by atoms with Gasteiger partial charge in [-0.3, -0.25) is 0 Å². The molecule has 1 atom stereocenters. The van der Waals surface area contributed by atoms with E-state index >= 15 is 0 Å². The first-order chi connectivity index (χ1) is 10.2. The molecule has 2 aromatic rings. The molecule has 21 heavy (non-hydrogen) atoms. The third kappa shape index (κ3) is 4.48. The van der Waals surface area contributed by atoms with Gasteiger partial charge >= 0.3 is 0 Å². The lowest BCUT2D eigenvalue weighted by atomic mass is 10.0. The maximum atomic E-state index is 5.35. The van der Waals surface area contributed by atoms with Gasteiger partial charge < -0.3 is 10.1 Å². The minimum atomic E-state index is 0.250. The molecule has 0 aliphatic heterocycles. The second-order valence-electron chi connectivity index (χ2n) is 5.18. The molecule has 0 radical (unpaired) electrons. The predicted octanol–water partition coefficient (Wildman–Crippen LogP) is 4.61. The number of hydrogen-bond acceptors (Lipinski definition) is 3. The van der Waals surface area contributed by atoms with Crippen LogP contribution in [0.5, 0.6) is 5.88 Å². The molecule has 1 aromatic carbocycles. The van der Waals surface area contributed by atoms with Crippen LogP contribution in [0.15, 0.2) is 42.6 Å². The summed E-state index contributed by atoms with van der Waals surface area (Å²) in [5, 5.41) is 3.46. The largest absolute Gasteiger partial charge is 0.478 e. The first kappa shape index (κ1) is 15.4. The zero-order chi connectivity index (χ0) is 15.1. The number of aryl methyl sites for hydroxylation is 1. The average Bonchev–Trinajstić information content (AvgIpc) is 2.50. The van der Waals surface area contributed by atoms with Crippen LogP contribution in [-0.4, -0.2) is 11.6 Å². The third-order valence-corrected chi connectivity index (χ3v) is 3.43. The lowest BCUT2D eigenvalue weighted by Gasteiger charge is -2.16. The summed E-state index contributed by atoms with van der Waals surface area (Å²) in [6.07, 6.45) is 4.14. The maximum Gasteiger partial charge on any atom is 0.213 e. The van der Waals surface area contributed by atoms with Gasteiger partial charge in [-0.25, -0.2) is 4.98 Å². The fourth-order valence-corrected chi connectivity index (χ4v) is 2.29. The van der Waals surface area contributed by atoms with Crippen molar-refractivity contribution >= 4 is 5.69 Å². The number of nitrogens with one attached hydrogen (secondary N) is 1. The monoisotopic (exact) mass is 284 g/mol. The zero-order valence-corrected chi connectivity index (χ0v) is 13.1. The molecule has 0 aliphatic carbocycles. The number of benzene rings is 1. The van der Waals surface area contributed by atoms with Gasteiger partial charge in [0.15, 0.2) is 0 Å². The van der Waals surface area contributed by atoms with E-state index in [0.29, 0.717) is 12.5 Å². The Hall–Kier alpha value is -2.03. The van der Waals surface area contributed by atoms with Gasteiger partial charge in [-0.2, -0.15) is 0 Å². The minimum Gasteiger partial charge on any atom is -0.478 e. The van der Waals surface area contributed by atoms with E-state index in [0.717, 1.165) is 12.1 Å². The van der Waals surface area contributed by atoms with E-state index in [-0.39, 0.29) is 6.04 Å². The smallest absolute Gasteiger partial charge is 0.213 e. The van der Waals surface area contributed by atoms with Crippen molar-refractivity contribution in [2.24, 2.45) is 0 Å². The van der Waals surface area contributed by atoms with Gasteiger partial charge in [-0.1, -0.05) is 37.6 Å². The quantitative estimate of drug-likeness (QED) is 0.806. The van der Waals surface area contributed by atoms with Gasteiger partial charge in [-0.05, 0) is 37.5 Å². The predicted molar refractivity (Wildman–Crippen MR) is 87.9 cm³/mol. The van der Waals surface area contributed by atoms with Crippen LogP contribution in [0.4, 0.5) is 5.69 Å². The molecular weight excluding hydrogens is 260 g/mol. The Morgan fingerprint density at radius 2 is 1.86 bits per heavy atom. The van der Waals surface area contributed by atoms with Crippen molar-refractivity contribution in [3.05, 3.63) is 53.7 Å². The zero-order valence-electron chi connectivity index (χ0n) is 13.1. The minimum absolute atomic E-state index is 0.250. The van der Waals surface area contributed by atoms with Crippen molar-refractivity contribution in [2.75, 3.05) is 11.9 Å². The molecule has 0 amide bonds. The lowest BCUT2D eigenvalue weighted by Crippen LogP contribution is -2.07. The molecule has 0 saturated carbocycles. The molecule has 0 saturated heterocycles. The molecule has 0 spiro atoms. The van der Waals surface area contributed by atoms with Crippen LogP contribution in [0.3, 0.4) is 0 Å². The van der Waals surface area contributed by atoms with E-state index in [4.69, 9.17) is 4.74 Å². The summed E-state index contributed by atoms with van der Waals surface area (Å²) in [5.41, 5.74) is 3.68. The lowest BCUT2D eigenvalue weighted by molar-refractivity contribution is 0.327. The molecule has 1 unspecified atom stereocenters. The fourth-order valence-electron chi connectivity index (χ4n) is 2.29. The van der Waals surface area contributed by atoms with Crippen LogP contribution >= 0.6 is 0 Å². The van der Waals surface area contributed by atoms with E-state index in [1.54, 1.807) is 0 Å². The van der Waals surface area contributed by atoms with E-state index in [1.807, 2.05) is 25.3 Å². The number of hydrogen-bond donors (Lipinski definition) is 1. The summed E-state index contributed by atoms with van der Waals surface area (Å²) < 4.78 is 5.35. The van der Waals surface area contributed by atoms with E-state index in [9.17, 15) is 0 Å². The molecular formula is C18H24N2O. The molecule has 1 N–H and O–H groups in total.